The summed E-state index contributed by atoms with van der Waals surface area (Å²) in [7, 11) is 0. The Bertz CT molecular complexity index is 500. The van der Waals surface area contributed by atoms with Crippen molar-refractivity contribution in [1.29, 1.82) is 0 Å². The molecule has 1 unspecified atom stereocenters. The van der Waals surface area contributed by atoms with Crippen molar-refractivity contribution < 1.29 is 9.21 Å². The third-order valence-electron chi connectivity index (χ3n) is 3.75. The molecule has 0 bridgehead atoms. The third-order valence-corrected chi connectivity index (χ3v) is 3.75. The highest BCUT2D eigenvalue weighted by molar-refractivity contribution is 5.77. The van der Waals surface area contributed by atoms with Crippen LogP contribution in [0.3, 0.4) is 0 Å². The number of hydrogen-bond acceptors (Lipinski definition) is 4. The molecule has 1 atom stereocenters. The van der Waals surface area contributed by atoms with E-state index in [4.69, 9.17) is 4.42 Å². The third kappa shape index (κ3) is 4.15. The minimum atomic E-state index is -0.570. The second-order valence-corrected chi connectivity index (χ2v) is 5.92. The molecule has 1 heterocycles. The molecule has 0 amide bonds. The molecule has 1 aromatic heterocycles. The van der Waals surface area contributed by atoms with E-state index in [0.717, 1.165) is 12.7 Å². The maximum Gasteiger partial charge on any atom is 0.147 e. The highest BCUT2D eigenvalue weighted by Gasteiger charge is 2.27. The van der Waals surface area contributed by atoms with Crippen LogP contribution < -0.4 is 0 Å². The summed E-state index contributed by atoms with van der Waals surface area (Å²) in [5.41, 5.74) is -0.524. The summed E-state index contributed by atoms with van der Waals surface area (Å²) in [5, 5.41) is 8.02. The van der Waals surface area contributed by atoms with Gasteiger partial charge in [-0.15, -0.1) is 0 Å². The van der Waals surface area contributed by atoms with Gasteiger partial charge in [-0.1, -0.05) is 27.7 Å². The first-order valence-electron chi connectivity index (χ1n) is 7.01. The first-order chi connectivity index (χ1) is 9.37. The summed E-state index contributed by atoms with van der Waals surface area (Å²) < 4.78 is 5.63. The average molecular weight is 276 g/mol. The molecule has 0 N–H and O–H groups in total. The maximum atomic E-state index is 11.2. The number of nitrogens with zero attached hydrogens (tertiary/aromatic N) is 2. The van der Waals surface area contributed by atoms with Crippen LogP contribution in [0.15, 0.2) is 26.8 Å². The lowest BCUT2D eigenvalue weighted by Crippen LogP contribution is -2.21. The fourth-order valence-electron chi connectivity index (χ4n) is 1.42. The van der Waals surface area contributed by atoms with Gasteiger partial charge in [0.2, 0.25) is 0 Å². The van der Waals surface area contributed by atoms with E-state index in [2.05, 4.69) is 31.0 Å². The molecular weight excluding hydrogens is 252 g/mol. The molecular formula is C16H24N2O2. The topological polar surface area (TPSA) is 54.9 Å². The molecule has 0 saturated heterocycles. The molecule has 20 heavy (non-hydrogen) atoms. The number of carbonyl (C=O) groups is 1. The van der Waals surface area contributed by atoms with E-state index in [0.29, 0.717) is 17.9 Å². The van der Waals surface area contributed by atoms with Gasteiger partial charge in [-0.2, -0.15) is 10.2 Å². The Labute approximate surface area is 121 Å². The molecule has 0 aliphatic carbocycles. The van der Waals surface area contributed by atoms with Gasteiger partial charge in [0.25, 0.3) is 0 Å². The van der Waals surface area contributed by atoms with Gasteiger partial charge in [0.15, 0.2) is 0 Å². The number of aldehydes is 1. The number of hydrogen-bond donors (Lipinski definition) is 0. The van der Waals surface area contributed by atoms with Gasteiger partial charge >= 0.3 is 0 Å². The summed E-state index contributed by atoms with van der Waals surface area (Å²) in [5.74, 6) is 1.27. The van der Waals surface area contributed by atoms with E-state index >= 15 is 0 Å². The van der Waals surface area contributed by atoms with Crippen LogP contribution in [-0.2, 0) is 10.2 Å². The Morgan fingerprint density at radius 2 is 1.85 bits per heavy atom. The quantitative estimate of drug-likeness (QED) is 0.429. The van der Waals surface area contributed by atoms with Crippen molar-refractivity contribution in [1.82, 2.24) is 0 Å². The Hall–Kier alpha value is -1.71. The molecule has 1 rings (SSSR count). The number of carbonyl (C=O) groups excluding carboxylic acids is 1. The normalized spacial score (nSPS) is 15.8. The van der Waals surface area contributed by atoms with Gasteiger partial charge in [0, 0.05) is 11.6 Å². The molecule has 4 heteroatoms. The van der Waals surface area contributed by atoms with Gasteiger partial charge in [-0.25, -0.2) is 0 Å². The van der Waals surface area contributed by atoms with E-state index in [1.54, 1.807) is 12.3 Å². The lowest BCUT2D eigenvalue weighted by Gasteiger charge is -2.17. The van der Waals surface area contributed by atoms with Crippen molar-refractivity contribution >= 4 is 18.7 Å². The Morgan fingerprint density at radius 1 is 1.15 bits per heavy atom. The molecule has 0 spiro atoms. The van der Waals surface area contributed by atoms with E-state index in [-0.39, 0.29) is 5.41 Å². The zero-order chi connectivity index (χ0) is 15.2. The van der Waals surface area contributed by atoms with Crippen molar-refractivity contribution in [2.24, 2.45) is 15.6 Å². The van der Waals surface area contributed by atoms with E-state index in [9.17, 15) is 4.79 Å². The van der Waals surface area contributed by atoms with Crippen LogP contribution in [0.25, 0.3) is 0 Å². The number of furan rings is 1. The zero-order valence-electron chi connectivity index (χ0n) is 13.0. The van der Waals surface area contributed by atoms with Crippen LogP contribution in [0.5, 0.6) is 0 Å². The van der Waals surface area contributed by atoms with Crippen molar-refractivity contribution in [3.63, 3.8) is 0 Å². The summed E-state index contributed by atoms with van der Waals surface area (Å²) >= 11 is 0. The van der Waals surface area contributed by atoms with Gasteiger partial charge in [-0.3, -0.25) is 0 Å². The molecule has 110 valence electrons. The molecule has 0 fully saturated rings. The fraction of sp³-hybridized carbons (Fsp3) is 0.562. The van der Waals surface area contributed by atoms with E-state index in [1.807, 2.05) is 26.1 Å². The minimum Gasteiger partial charge on any atom is -0.459 e. The predicted octanol–water partition coefficient (Wildman–Crippen LogP) is 3.99. The summed E-state index contributed by atoms with van der Waals surface area (Å²) in [6, 6.07) is 3.62. The molecule has 0 radical (unpaired) electrons. The van der Waals surface area contributed by atoms with Crippen molar-refractivity contribution in [3.8, 4) is 0 Å². The predicted molar refractivity (Wildman–Crippen MR) is 82.6 cm³/mol. The molecule has 1 aromatic rings. The summed E-state index contributed by atoms with van der Waals surface area (Å²) in [6.07, 6.45) is 6.02. The number of rotatable bonds is 7. The van der Waals surface area contributed by atoms with Crippen LogP contribution in [0.2, 0.25) is 0 Å². The van der Waals surface area contributed by atoms with Gasteiger partial charge in [0.1, 0.15) is 17.8 Å². The average Bonchev–Trinajstić information content (AvgIpc) is 2.92. The monoisotopic (exact) mass is 276 g/mol. The van der Waals surface area contributed by atoms with Gasteiger partial charge in [0.05, 0.1) is 11.6 Å². The zero-order valence-corrected chi connectivity index (χ0v) is 13.0. The highest BCUT2D eigenvalue weighted by Crippen LogP contribution is 2.26. The van der Waals surface area contributed by atoms with Crippen LogP contribution in [-0.4, -0.2) is 18.7 Å². The summed E-state index contributed by atoms with van der Waals surface area (Å²) in [6.45, 7) is 10.1. The molecule has 0 aromatic carbocycles. The van der Waals surface area contributed by atoms with Crippen molar-refractivity contribution in [2.45, 2.75) is 52.9 Å². The lowest BCUT2D eigenvalue weighted by atomic mass is 9.87. The standard InChI is InChI=1S/C16H24N2O2/c1-6-15(3,4)11-18-17-10-13-8-9-14(20-13)16(5,7-2)12-19/h8-12H,6-7H2,1-5H3/b17-10+,18-11+. The Morgan fingerprint density at radius 3 is 2.40 bits per heavy atom. The van der Waals surface area contributed by atoms with Crippen LogP contribution in [0.1, 0.15) is 59.0 Å². The van der Waals surface area contributed by atoms with E-state index < -0.39 is 5.41 Å². The van der Waals surface area contributed by atoms with Crippen molar-refractivity contribution in [2.75, 3.05) is 0 Å². The largest absolute Gasteiger partial charge is 0.459 e. The first-order valence-corrected chi connectivity index (χ1v) is 7.01. The molecule has 0 aliphatic heterocycles. The van der Waals surface area contributed by atoms with Crippen LogP contribution in [0.4, 0.5) is 0 Å². The second-order valence-electron chi connectivity index (χ2n) is 5.92. The van der Waals surface area contributed by atoms with E-state index in [1.165, 1.54) is 0 Å². The Kier molecular flexibility index (Phi) is 5.43. The molecule has 0 saturated carbocycles. The maximum absolute atomic E-state index is 11.2. The second kappa shape index (κ2) is 6.64. The first kappa shape index (κ1) is 16.3. The van der Waals surface area contributed by atoms with Gasteiger partial charge in [-0.05, 0) is 31.9 Å². The van der Waals surface area contributed by atoms with Crippen LogP contribution in [0, 0.1) is 5.41 Å². The van der Waals surface area contributed by atoms with Crippen molar-refractivity contribution in [3.05, 3.63) is 23.7 Å². The van der Waals surface area contributed by atoms with Crippen LogP contribution >= 0.6 is 0 Å². The minimum absolute atomic E-state index is 0.0456. The molecule has 4 nitrogen and oxygen atoms in total. The highest BCUT2D eigenvalue weighted by atomic mass is 16.3. The SMILES string of the molecule is CCC(C)(C)/C=N/N=C/c1ccc(C(C)(C=O)CC)o1. The van der Waals surface area contributed by atoms with Gasteiger partial charge < -0.3 is 9.21 Å². The Balaban J connectivity index is 2.77. The lowest BCUT2D eigenvalue weighted by molar-refractivity contribution is -0.112. The smallest absolute Gasteiger partial charge is 0.147 e. The fourth-order valence-corrected chi connectivity index (χ4v) is 1.42. The molecule has 0 aliphatic rings. The summed E-state index contributed by atoms with van der Waals surface area (Å²) in [4.78, 5) is 11.2.